The van der Waals surface area contributed by atoms with Crippen molar-refractivity contribution in [1.29, 1.82) is 0 Å². The van der Waals surface area contributed by atoms with Crippen molar-refractivity contribution in [2.45, 2.75) is 126 Å². The number of phenolic OH excluding ortho intramolecular Hbond substituents is 1. The molecule has 1 aromatic heterocycles. The van der Waals surface area contributed by atoms with Crippen molar-refractivity contribution in [3.63, 3.8) is 0 Å². The summed E-state index contributed by atoms with van der Waals surface area (Å²) in [6.07, 6.45) is -7.00. The second-order valence-corrected chi connectivity index (χ2v) is 22.1. The number of unbranched alkanes of at least 4 members (excludes halogenated alkanes) is 1. The maximum absolute atomic E-state index is 14.8. The third-order valence-corrected chi connectivity index (χ3v) is 14.4. The standard InChI is InChI=1S/C52H64F3N9O13S2/c1-28(65)41-47(72)62-40(48(73)74)27-79-78-26-39(61-44(69)37(63-49(75)52(53,54)55)22-29-12-6-5-7-13-29)46(71)59-36(23-30-17-19-32(66)20-18-30)43(68)60-38(24-31-25-57-34-15-9-8-14-33(31)34)45(70)58-35(42(67)64-41)16-10-11-21-56-50(76)77-51(2,3)4/h5-9,12-15,17-20,25,28,35-41,57,65-66H,10-11,16,21-24,26-27H2,1-4H3,(H,56,76)(H,58,70)(H,59,71)(H,60,68)(H,61,69)(H,62,72)(H,63,75)(H,64,67)(H,73,74)/t28-,35+,36+,37-,38-,39+,40+,41+/m1/s1. The van der Waals surface area contributed by atoms with Crippen molar-refractivity contribution in [3.8, 4) is 5.75 Å². The molecule has 3 aromatic carbocycles. The van der Waals surface area contributed by atoms with Crippen LogP contribution in [0.4, 0.5) is 18.0 Å². The number of carbonyl (C=O) groups excluding carboxylic acids is 8. The molecule has 12 N–H and O–H groups in total. The second kappa shape index (κ2) is 28.9. The smallest absolute Gasteiger partial charge is 0.471 e. The van der Waals surface area contributed by atoms with E-state index < -0.39 is 132 Å². The monoisotopic (exact) mass is 1140 g/mol. The van der Waals surface area contributed by atoms with Crippen LogP contribution in [-0.2, 0) is 62.4 Å². The number of aromatic amines is 1. The number of para-hydroxylation sites is 1. The summed E-state index contributed by atoms with van der Waals surface area (Å²) >= 11 is 0. The molecule has 8 atom stereocenters. The number of hydrogen-bond donors (Lipinski definition) is 12. The molecule has 4 aromatic rings. The summed E-state index contributed by atoms with van der Waals surface area (Å²) in [5.41, 5.74) is 1.06. The number of fused-ring (bicyclic) bond motifs is 1. The summed E-state index contributed by atoms with van der Waals surface area (Å²) in [4.78, 5) is 127. The van der Waals surface area contributed by atoms with Crippen molar-refractivity contribution < 1.29 is 76.4 Å². The number of aromatic hydroxyl groups is 1. The number of H-pyrrole nitrogens is 1. The lowest BCUT2D eigenvalue weighted by Crippen LogP contribution is -2.62. The summed E-state index contributed by atoms with van der Waals surface area (Å²) < 4.78 is 46.2. The van der Waals surface area contributed by atoms with Crippen LogP contribution < -0.4 is 42.5 Å². The number of hydrogen-bond acceptors (Lipinski definition) is 14. The number of nitrogens with one attached hydrogen (secondary N) is 9. The van der Waals surface area contributed by atoms with E-state index in [2.05, 4.69) is 42.2 Å². The number of aliphatic hydroxyl groups excluding tert-OH is 1. The van der Waals surface area contributed by atoms with Gasteiger partial charge in [-0.25, -0.2) is 9.59 Å². The topological polar surface area (TPSA) is 336 Å². The first-order valence-electron chi connectivity index (χ1n) is 25.0. The lowest BCUT2D eigenvalue weighted by atomic mass is 10.0. The molecule has 0 bridgehead atoms. The van der Waals surface area contributed by atoms with E-state index in [4.69, 9.17) is 4.74 Å². The number of aromatic nitrogens is 1. The first-order valence-corrected chi connectivity index (χ1v) is 27.5. The van der Waals surface area contributed by atoms with Gasteiger partial charge in [-0.05, 0) is 81.8 Å². The lowest BCUT2D eigenvalue weighted by Gasteiger charge is -2.29. The zero-order valence-electron chi connectivity index (χ0n) is 43.4. The van der Waals surface area contributed by atoms with Crippen LogP contribution in [0.25, 0.3) is 10.9 Å². The van der Waals surface area contributed by atoms with E-state index >= 15 is 0 Å². The number of benzene rings is 3. The number of alkyl carbamates (subject to hydrolysis) is 1. The largest absolute Gasteiger partial charge is 0.508 e. The van der Waals surface area contributed by atoms with E-state index in [9.17, 15) is 71.6 Å². The average molecular weight is 1140 g/mol. The quantitative estimate of drug-likeness (QED) is 0.0566. The third kappa shape index (κ3) is 20.0. The summed E-state index contributed by atoms with van der Waals surface area (Å²) in [5, 5.41) is 51.0. The van der Waals surface area contributed by atoms with Gasteiger partial charge in [-0.15, -0.1) is 0 Å². The number of phenols is 1. The van der Waals surface area contributed by atoms with Gasteiger partial charge in [0.15, 0.2) is 0 Å². The summed E-state index contributed by atoms with van der Waals surface area (Å²) in [5.74, 6) is -11.6. The van der Waals surface area contributed by atoms with E-state index in [0.29, 0.717) is 27.6 Å². The van der Waals surface area contributed by atoms with E-state index in [-0.39, 0.29) is 44.4 Å². The van der Waals surface area contributed by atoms with Gasteiger partial charge in [0.2, 0.25) is 35.4 Å². The van der Waals surface area contributed by atoms with Gasteiger partial charge in [0.25, 0.3) is 0 Å². The Kier molecular flexibility index (Phi) is 22.8. The van der Waals surface area contributed by atoms with E-state index in [1.54, 1.807) is 74.7 Å². The second-order valence-electron chi connectivity index (χ2n) is 19.5. The number of aliphatic carboxylic acids is 1. The van der Waals surface area contributed by atoms with Gasteiger partial charge >= 0.3 is 24.1 Å². The number of amides is 8. The van der Waals surface area contributed by atoms with Crippen LogP contribution in [0.5, 0.6) is 5.75 Å². The highest BCUT2D eigenvalue weighted by atomic mass is 33.1. The molecule has 0 saturated carbocycles. The molecule has 2 heterocycles. The fourth-order valence-corrected chi connectivity index (χ4v) is 10.3. The number of alkyl halides is 3. The van der Waals surface area contributed by atoms with Crippen LogP contribution in [0, 0.1) is 0 Å². The molecule has 1 fully saturated rings. The molecule has 8 amide bonds. The Morgan fingerprint density at radius 3 is 1.99 bits per heavy atom. The highest BCUT2D eigenvalue weighted by Crippen LogP contribution is 2.25. The van der Waals surface area contributed by atoms with Crippen LogP contribution in [0.15, 0.2) is 85.1 Å². The van der Waals surface area contributed by atoms with Crippen molar-refractivity contribution in [3.05, 3.63) is 102 Å². The minimum Gasteiger partial charge on any atom is -0.508 e. The summed E-state index contributed by atoms with van der Waals surface area (Å²) in [6, 6.07) is 8.28. The highest BCUT2D eigenvalue weighted by molar-refractivity contribution is 8.76. The molecule has 27 heteroatoms. The Morgan fingerprint density at radius 2 is 1.34 bits per heavy atom. The molecule has 1 aliphatic rings. The van der Waals surface area contributed by atoms with Crippen LogP contribution in [0.2, 0.25) is 0 Å². The molecule has 5 rings (SSSR count). The highest BCUT2D eigenvalue weighted by Gasteiger charge is 2.42. The Labute approximate surface area is 460 Å². The predicted octanol–water partition coefficient (Wildman–Crippen LogP) is 2.41. The van der Waals surface area contributed by atoms with Gasteiger partial charge in [-0.1, -0.05) is 82.3 Å². The van der Waals surface area contributed by atoms with Crippen LogP contribution in [0.3, 0.4) is 0 Å². The minimum atomic E-state index is -5.42. The first kappa shape index (κ1) is 62.3. The maximum atomic E-state index is 14.8. The van der Waals surface area contributed by atoms with Crippen LogP contribution in [-0.4, -0.2) is 152 Å². The fourth-order valence-electron chi connectivity index (χ4n) is 7.95. The summed E-state index contributed by atoms with van der Waals surface area (Å²) in [6.45, 7) is 6.26. The molecule has 0 spiro atoms. The zero-order valence-corrected chi connectivity index (χ0v) is 45.1. The Hall–Kier alpha value is -7.52. The number of carboxylic acid groups (broad SMARTS) is 1. The molecule has 1 saturated heterocycles. The summed E-state index contributed by atoms with van der Waals surface area (Å²) in [7, 11) is 1.54. The minimum absolute atomic E-state index is 0.0730. The molecule has 22 nitrogen and oxygen atoms in total. The van der Waals surface area contributed by atoms with Gasteiger partial charge in [0.1, 0.15) is 53.6 Å². The van der Waals surface area contributed by atoms with Crippen molar-refractivity contribution in [2.24, 2.45) is 0 Å². The Balaban J connectivity index is 1.57. The van der Waals surface area contributed by atoms with Gasteiger partial charge in [0, 0.05) is 54.4 Å². The Bertz CT molecular complexity index is 2780. The van der Waals surface area contributed by atoms with E-state index in [1.165, 1.54) is 36.4 Å². The zero-order chi connectivity index (χ0) is 58.0. The Morgan fingerprint density at radius 1 is 0.734 bits per heavy atom. The van der Waals surface area contributed by atoms with Crippen molar-refractivity contribution >= 4 is 85.9 Å². The number of aliphatic hydroxyl groups is 1. The molecule has 0 unspecified atom stereocenters. The van der Waals surface area contributed by atoms with Gasteiger partial charge in [-0.2, -0.15) is 13.2 Å². The molecule has 1 aliphatic heterocycles. The maximum Gasteiger partial charge on any atom is 0.471 e. The predicted molar refractivity (Wildman–Crippen MR) is 286 cm³/mol. The molecular weight excluding hydrogens is 1080 g/mol. The molecule has 0 aliphatic carbocycles. The van der Waals surface area contributed by atoms with Gasteiger partial charge in [-0.3, -0.25) is 33.6 Å². The number of carboxylic acids is 1. The van der Waals surface area contributed by atoms with Crippen molar-refractivity contribution in [2.75, 3.05) is 18.1 Å². The normalized spacial score (nSPS) is 21.1. The lowest BCUT2D eigenvalue weighted by molar-refractivity contribution is -0.174. The fraction of sp³-hybridized carbons (Fsp3) is 0.442. The molecule has 79 heavy (non-hydrogen) atoms. The average Bonchev–Trinajstić information content (AvgIpc) is 3.89. The molecular formula is C52H64F3N9O13S2. The third-order valence-electron chi connectivity index (χ3n) is 12.0. The van der Waals surface area contributed by atoms with Gasteiger partial charge in [0.05, 0.1) is 6.10 Å². The number of rotatable bonds is 16. The molecule has 0 radical (unpaired) electrons. The number of carbonyl (C=O) groups is 9. The van der Waals surface area contributed by atoms with E-state index in [1.807, 2.05) is 0 Å². The van der Waals surface area contributed by atoms with Crippen LogP contribution in [0.1, 0.15) is 63.6 Å². The van der Waals surface area contributed by atoms with Gasteiger partial charge < -0.3 is 67.6 Å². The SMILES string of the molecule is C[C@@H](O)[C@@H]1NC(=O)[C@H](CCCCNC(=O)OC(C)(C)C)NC(=O)[C@@H](Cc2c[nH]c3ccccc23)NC(=O)[C@H](Cc2ccc(O)cc2)NC(=O)[C@@H](NC(=O)[C@@H](Cc2ccccc2)NC(=O)C(F)(F)F)CSSC[C@@H](C(=O)O)NC1=O. The van der Waals surface area contributed by atoms with Crippen LogP contribution >= 0.6 is 21.6 Å². The number of ether oxygens (including phenoxy) is 1. The van der Waals surface area contributed by atoms with E-state index in [0.717, 1.165) is 28.5 Å². The first-order chi connectivity index (χ1) is 37.3. The molecule has 428 valence electrons. The number of halogens is 3. The van der Waals surface area contributed by atoms with Crippen molar-refractivity contribution in [1.82, 2.24) is 47.5 Å².